The molecule has 0 aromatic heterocycles. The molecule has 0 fully saturated rings. The molecule has 0 spiro atoms. The van der Waals surface area contributed by atoms with Gasteiger partial charge in [-0.1, -0.05) is 253 Å². The second-order valence-electron chi connectivity index (χ2n) is 19.3. The zero-order valence-electron chi connectivity index (χ0n) is 42.2. The molecule has 0 radical (unpaired) electrons. The lowest BCUT2D eigenvalue weighted by atomic mass is 9.82. The SMILES string of the molecule is CCCCCCCCCCCCCCCCCC(=O)NC(=O)c1c(CCCCCCCC)c(CCCCCCCC)c(CCCCCCCC)c(CCCCCCCC)c1I=O. The molecule has 0 saturated carbocycles. The summed E-state index contributed by atoms with van der Waals surface area (Å²) in [4.78, 5) is 28.1. The van der Waals surface area contributed by atoms with Crippen LogP contribution in [-0.2, 0) is 33.5 Å². The van der Waals surface area contributed by atoms with E-state index < -0.39 is 21.2 Å². The van der Waals surface area contributed by atoms with Crippen molar-refractivity contribution in [3.05, 3.63) is 31.4 Å². The summed E-state index contributed by atoms with van der Waals surface area (Å²) in [5, 5.41) is 2.91. The van der Waals surface area contributed by atoms with E-state index in [0.717, 1.165) is 86.2 Å². The fraction of sp³-hybridized carbons (Fsp3) is 0.860. The van der Waals surface area contributed by atoms with Gasteiger partial charge in [-0.3, -0.25) is 18.0 Å². The van der Waals surface area contributed by atoms with E-state index in [1.165, 1.54) is 216 Å². The van der Waals surface area contributed by atoms with E-state index in [1.807, 2.05) is 0 Å². The number of unbranched alkanes of at least 4 members (excludes halogenated alkanes) is 34. The lowest BCUT2D eigenvalue weighted by molar-refractivity contribution is -0.120. The summed E-state index contributed by atoms with van der Waals surface area (Å²) in [6, 6.07) is 0. The van der Waals surface area contributed by atoms with Gasteiger partial charge in [-0.15, -0.1) is 0 Å². The van der Waals surface area contributed by atoms with E-state index in [2.05, 4.69) is 39.9 Å². The van der Waals surface area contributed by atoms with Gasteiger partial charge in [0.1, 0.15) is 0 Å². The van der Waals surface area contributed by atoms with E-state index in [1.54, 1.807) is 0 Å². The molecule has 5 heteroatoms. The van der Waals surface area contributed by atoms with Crippen molar-refractivity contribution in [1.29, 1.82) is 0 Å². The van der Waals surface area contributed by atoms with E-state index in [4.69, 9.17) is 0 Å². The third-order valence-electron chi connectivity index (χ3n) is 13.6. The molecule has 0 aliphatic carbocycles. The molecule has 1 rings (SSSR count). The number of hydrogen-bond donors (Lipinski definition) is 1. The Hall–Kier alpha value is -1.11. The minimum Gasteiger partial charge on any atom is -0.292 e. The highest BCUT2D eigenvalue weighted by Gasteiger charge is 2.28. The molecular formula is C57H104INO3. The molecule has 1 aromatic carbocycles. The normalized spacial score (nSPS) is 11.5. The molecule has 0 bridgehead atoms. The minimum absolute atomic E-state index is 0.156. The molecule has 1 aromatic rings. The fourth-order valence-electron chi connectivity index (χ4n) is 9.63. The van der Waals surface area contributed by atoms with Gasteiger partial charge in [0.25, 0.3) is 5.91 Å². The third-order valence-corrected chi connectivity index (χ3v) is 15.2. The average Bonchev–Trinajstić information content (AvgIpc) is 3.27. The first-order valence-electron chi connectivity index (χ1n) is 27.8. The predicted octanol–water partition coefficient (Wildman–Crippen LogP) is 19.3. The molecule has 0 unspecified atom stereocenters. The molecule has 4 nitrogen and oxygen atoms in total. The minimum atomic E-state index is -1.60. The maximum atomic E-state index is 14.6. The zero-order chi connectivity index (χ0) is 45.1. The van der Waals surface area contributed by atoms with Crippen LogP contribution in [0.5, 0.6) is 0 Å². The summed E-state index contributed by atoms with van der Waals surface area (Å²) >= 11 is -1.60. The topological polar surface area (TPSA) is 63.2 Å². The van der Waals surface area contributed by atoms with Gasteiger partial charge in [-0.25, -0.2) is 0 Å². The van der Waals surface area contributed by atoms with Crippen molar-refractivity contribution in [1.82, 2.24) is 5.32 Å². The van der Waals surface area contributed by atoms with Gasteiger partial charge in [0, 0.05) is 6.42 Å². The van der Waals surface area contributed by atoms with Crippen LogP contribution in [0.25, 0.3) is 0 Å². The lowest BCUT2D eigenvalue weighted by Crippen LogP contribution is -2.32. The molecule has 362 valence electrons. The Kier molecular flexibility index (Phi) is 41.6. The molecular weight excluding hydrogens is 874 g/mol. The Bertz CT molecular complexity index is 1230. The summed E-state index contributed by atoms with van der Waals surface area (Å²) in [5.41, 5.74) is 5.91. The monoisotopic (exact) mass is 978 g/mol. The maximum absolute atomic E-state index is 14.6. The van der Waals surface area contributed by atoms with Crippen LogP contribution in [0.2, 0.25) is 0 Å². The van der Waals surface area contributed by atoms with Gasteiger partial charge in [0.15, 0.2) is 21.2 Å². The number of carbonyl (C=O) groups excluding carboxylic acids is 2. The van der Waals surface area contributed by atoms with Crippen LogP contribution in [0.3, 0.4) is 0 Å². The van der Waals surface area contributed by atoms with E-state index >= 15 is 0 Å². The molecule has 1 N–H and O–H groups in total. The quantitative estimate of drug-likeness (QED) is 0.0523. The van der Waals surface area contributed by atoms with E-state index in [9.17, 15) is 12.7 Å². The van der Waals surface area contributed by atoms with E-state index in [0.29, 0.717) is 12.0 Å². The standard InChI is InChI=1S/C57H104INO3/c1-6-11-16-21-26-27-28-29-30-31-32-33-34-39-44-49-54(60)59-57(61)55-52(47-42-37-24-19-14-9-4)50(45-40-35-22-17-12-7-2)51(46-41-36-23-18-13-8-3)53(56(55)58-62)48-43-38-25-20-15-10-5/h6-49H2,1-5H3,(H,59,60,61). The van der Waals surface area contributed by atoms with Gasteiger partial charge in [0.2, 0.25) is 5.91 Å². The number of hydrogen-bond acceptors (Lipinski definition) is 3. The highest BCUT2D eigenvalue weighted by Crippen LogP contribution is 2.37. The molecule has 62 heavy (non-hydrogen) atoms. The largest absolute Gasteiger partial charge is 0.292 e. The molecule has 0 atom stereocenters. The summed E-state index contributed by atoms with van der Waals surface area (Å²) in [7, 11) is 0. The van der Waals surface area contributed by atoms with Gasteiger partial charge in [0.05, 0.1) is 9.13 Å². The Labute approximate surface area is 397 Å². The average molecular weight is 978 g/mol. The summed E-state index contributed by atoms with van der Waals surface area (Å²) < 4.78 is 14.5. The van der Waals surface area contributed by atoms with Crippen molar-refractivity contribution < 1.29 is 12.7 Å². The number of carbonyl (C=O) groups is 2. The van der Waals surface area contributed by atoms with Crippen molar-refractivity contribution in [3.63, 3.8) is 0 Å². The zero-order valence-corrected chi connectivity index (χ0v) is 44.4. The highest BCUT2D eigenvalue weighted by molar-refractivity contribution is 14.1. The molecule has 2 amide bonds. The summed E-state index contributed by atoms with van der Waals surface area (Å²) in [5.74, 6) is -0.418. The van der Waals surface area contributed by atoms with Gasteiger partial charge in [-0.2, -0.15) is 0 Å². The van der Waals surface area contributed by atoms with Crippen LogP contribution >= 0.6 is 21.2 Å². The van der Waals surface area contributed by atoms with Crippen molar-refractivity contribution in [2.24, 2.45) is 0 Å². The number of halogens is 1. The first kappa shape index (κ1) is 58.9. The van der Waals surface area contributed by atoms with Crippen LogP contribution in [-0.4, -0.2) is 11.8 Å². The second kappa shape index (κ2) is 43.8. The van der Waals surface area contributed by atoms with Crippen LogP contribution in [0.4, 0.5) is 0 Å². The highest BCUT2D eigenvalue weighted by atomic mass is 127. The van der Waals surface area contributed by atoms with Crippen LogP contribution < -0.4 is 5.32 Å². The van der Waals surface area contributed by atoms with Gasteiger partial charge < -0.3 is 0 Å². The molecule has 0 heterocycles. The van der Waals surface area contributed by atoms with E-state index in [-0.39, 0.29) is 11.8 Å². The first-order chi connectivity index (χ1) is 30.5. The lowest BCUT2D eigenvalue weighted by Gasteiger charge is -2.25. The predicted molar refractivity (Wildman–Crippen MR) is 280 cm³/mol. The maximum Gasteiger partial charge on any atom is 0.259 e. The van der Waals surface area contributed by atoms with Crippen LogP contribution in [0, 0.1) is 3.57 Å². The molecule has 0 aliphatic heterocycles. The van der Waals surface area contributed by atoms with Crippen molar-refractivity contribution in [3.8, 4) is 0 Å². The number of nitrogens with one attached hydrogen (secondary N) is 1. The third kappa shape index (κ3) is 29.4. The Morgan fingerprint density at radius 1 is 0.339 bits per heavy atom. The second-order valence-corrected chi connectivity index (χ2v) is 20.8. The summed E-state index contributed by atoms with van der Waals surface area (Å²) in [6.45, 7) is 11.4. The van der Waals surface area contributed by atoms with Crippen molar-refractivity contribution in [2.75, 3.05) is 0 Å². The first-order valence-corrected chi connectivity index (χ1v) is 29.8. The number of amides is 2. The van der Waals surface area contributed by atoms with Gasteiger partial charge >= 0.3 is 0 Å². The fourth-order valence-corrected chi connectivity index (χ4v) is 11.3. The van der Waals surface area contributed by atoms with Gasteiger partial charge in [-0.05, 0) is 80.0 Å². The van der Waals surface area contributed by atoms with Crippen LogP contribution in [0.15, 0.2) is 0 Å². The van der Waals surface area contributed by atoms with Crippen LogP contribution in [0.1, 0.15) is 324 Å². The Morgan fingerprint density at radius 3 is 0.919 bits per heavy atom. The molecule has 0 saturated heterocycles. The Balaban J connectivity index is 3.27. The van der Waals surface area contributed by atoms with Crippen molar-refractivity contribution in [2.45, 2.75) is 317 Å². The number of benzene rings is 1. The molecule has 0 aliphatic rings. The smallest absolute Gasteiger partial charge is 0.259 e. The summed E-state index contributed by atoms with van der Waals surface area (Å²) in [6.07, 6.45) is 53.1. The Morgan fingerprint density at radius 2 is 0.597 bits per heavy atom. The van der Waals surface area contributed by atoms with Crippen molar-refractivity contribution >= 4 is 33.0 Å². The number of imide groups is 1. The number of rotatable bonds is 46.